The first kappa shape index (κ1) is 21.2. The van der Waals surface area contributed by atoms with Crippen LogP contribution in [0.25, 0.3) is 33.7 Å². The number of carboxylic acid groups (broad SMARTS) is 1. The largest absolute Gasteiger partial charge is 0.480 e. The van der Waals surface area contributed by atoms with Crippen LogP contribution in [0.1, 0.15) is 17.5 Å². The zero-order chi connectivity index (χ0) is 22.0. The molecule has 4 rings (SSSR count). The Bertz CT molecular complexity index is 1230. The van der Waals surface area contributed by atoms with Crippen molar-refractivity contribution in [1.29, 1.82) is 0 Å². The molecule has 158 valence electrons. The van der Waals surface area contributed by atoms with Gasteiger partial charge >= 0.3 is 5.97 Å². The Morgan fingerprint density at radius 1 is 1.13 bits per heavy atom. The Labute approximate surface area is 185 Å². The van der Waals surface area contributed by atoms with Gasteiger partial charge in [-0.1, -0.05) is 42.5 Å². The minimum absolute atomic E-state index is 0.372. The molecule has 0 spiro atoms. The molecule has 5 nitrogen and oxygen atoms in total. The van der Waals surface area contributed by atoms with E-state index >= 15 is 0 Å². The van der Waals surface area contributed by atoms with Gasteiger partial charge in [-0.2, -0.15) is 0 Å². The summed E-state index contributed by atoms with van der Waals surface area (Å²) in [7, 11) is 0. The zero-order valence-corrected chi connectivity index (χ0v) is 18.3. The van der Waals surface area contributed by atoms with Gasteiger partial charge in [-0.05, 0) is 66.5 Å². The summed E-state index contributed by atoms with van der Waals surface area (Å²) in [5.41, 5.74) is 12.6. The highest BCUT2D eigenvalue weighted by molar-refractivity contribution is 7.98. The summed E-state index contributed by atoms with van der Waals surface area (Å²) < 4.78 is 6.14. The number of aryl methyl sites for hydroxylation is 1. The first-order valence-corrected chi connectivity index (χ1v) is 11.3. The maximum Gasteiger partial charge on any atom is 0.320 e. The fraction of sp³-hybridized carbons (Fsp3) is 0.200. The number of carbonyl (C=O) groups is 1. The van der Waals surface area contributed by atoms with Crippen molar-refractivity contribution in [1.82, 2.24) is 4.98 Å². The van der Waals surface area contributed by atoms with Crippen molar-refractivity contribution >= 4 is 28.8 Å². The molecule has 1 aromatic heterocycles. The van der Waals surface area contributed by atoms with Crippen LogP contribution in [0, 0.1) is 6.92 Å². The fourth-order valence-electron chi connectivity index (χ4n) is 3.73. The molecule has 1 heterocycles. The predicted octanol–water partition coefficient (Wildman–Crippen LogP) is 5.54. The first-order valence-electron chi connectivity index (χ1n) is 10.1. The molecule has 6 heteroatoms. The Morgan fingerprint density at radius 2 is 1.87 bits per heavy atom. The van der Waals surface area contributed by atoms with Gasteiger partial charge in [-0.25, -0.2) is 4.98 Å². The van der Waals surface area contributed by atoms with E-state index in [0.717, 1.165) is 43.8 Å². The van der Waals surface area contributed by atoms with Crippen LogP contribution in [0.15, 0.2) is 70.0 Å². The van der Waals surface area contributed by atoms with Crippen LogP contribution in [-0.2, 0) is 11.2 Å². The summed E-state index contributed by atoms with van der Waals surface area (Å²) in [5, 5.41) is 9.06. The molecule has 0 fully saturated rings. The molecule has 0 amide bonds. The number of aromatic nitrogens is 1. The normalized spacial score (nSPS) is 12.2. The minimum atomic E-state index is -0.982. The van der Waals surface area contributed by atoms with Crippen LogP contribution in [0.5, 0.6) is 0 Å². The van der Waals surface area contributed by atoms with Crippen molar-refractivity contribution in [3.05, 3.63) is 71.8 Å². The van der Waals surface area contributed by atoms with Gasteiger partial charge in [0.15, 0.2) is 5.58 Å². The van der Waals surface area contributed by atoms with Gasteiger partial charge in [0, 0.05) is 10.5 Å². The van der Waals surface area contributed by atoms with E-state index in [1.54, 1.807) is 11.8 Å². The van der Waals surface area contributed by atoms with Crippen molar-refractivity contribution < 1.29 is 14.3 Å². The number of oxazole rings is 1. The number of benzene rings is 3. The Kier molecular flexibility index (Phi) is 6.11. The van der Waals surface area contributed by atoms with Gasteiger partial charge in [0.1, 0.15) is 11.6 Å². The molecule has 0 bridgehead atoms. The van der Waals surface area contributed by atoms with Gasteiger partial charge in [-0.15, -0.1) is 11.8 Å². The number of hydrogen-bond donors (Lipinski definition) is 2. The standard InChI is InChI=1S/C25H24N2O3S/c1-15-18(16-7-4-3-5-8-16)9-6-10-19(15)24-27-21-13-17(11-12-20(26)25(28)29)23(31-2)14-22(21)30-24/h3-10,13-14,20H,11-12,26H2,1-2H3,(H,28,29)/t20-/m0/s1. The molecule has 3 aromatic carbocycles. The van der Waals surface area contributed by atoms with Crippen molar-refractivity contribution in [2.24, 2.45) is 5.73 Å². The molecular weight excluding hydrogens is 408 g/mol. The monoisotopic (exact) mass is 432 g/mol. The van der Waals surface area contributed by atoms with Gasteiger partial charge in [0.05, 0.1) is 0 Å². The molecule has 3 N–H and O–H groups in total. The average Bonchev–Trinajstić information content (AvgIpc) is 3.19. The highest BCUT2D eigenvalue weighted by Crippen LogP contribution is 2.35. The number of fused-ring (bicyclic) bond motifs is 1. The lowest BCUT2D eigenvalue weighted by Crippen LogP contribution is -2.30. The Morgan fingerprint density at radius 3 is 2.58 bits per heavy atom. The fourth-order valence-corrected chi connectivity index (χ4v) is 4.38. The van der Waals surface area contributed by atoms with Crippen LogP contribution >= 0.6 is 11.8 Å². The molecule has 0 saturated carbocycles. The third-order valence-electron chi connectivity index (χ3n) is 5.48. The molecule has 0 aliphatic carbocycles. The van der Waals surface area contributed by atoms with E-state index in [2.05, 4.69) is 25.1 Å². The number of thioether (sulfide) groups is 1. The number of aliphatic carboxylic acids is 1. The number of nitrogens with zero attached hydrogens (tertiary/aromatic N) is 1. The predicted molar refractivity (Wildman–Crippen MR) is 125 cm³/mol. The highest BCUT2D eigenvalue weighted by Gasteiger charge is 2.17. The van der Waals surface area contributed by atoms with Crippen molar-refractivity contribution in [2.45, 2.75) is 30.7 Å². The molecule has 31 heavy (non-hydrogen) atoms. The topological polar surface area (TPSA) is 89.4 Å². The van der Waals surface area contributed by atoms with E-state index in [0.29, 0.717) is 18.7 Å². The second-order valence-electron chi connectivity index (χ2n) is 7.48. The molecule has 4 aromatic rings. The summed E-state index contributed by atoms with van der Waals surface area (Å²) in [4.78, 5) is 16.8. The van der Waals surface area contributed by atoms with Gasteiger partial charge in [0.2, 0.25) is 5.89 Å². The Hall–Kier alpha value is -3.09. The minimum Gasteiger partial charge on any atom is -0.480 e. The summed E-state index contributed by atoms with van der Waals surface area (Å²) in [6.45, 7) is 2.08. The van der Waals surface area contributed by atoms with Gasteiger partial charge in [0.25, 0.3) is 0 Å². The molecule has 0 unspecified atom stereocenters. The second-order valence-corrected chi connectivity index (χ2v) is 8.33. The van der Waals surface area contributed by atoms with Crippen LogP contribution in [0.4, 0.5) is 0 Å². The van der Waals surface area contributed by atoms with Crippen LogP contribution in [-0.4, -0.2) is 28.4 Å². The third-order valence-corrected chi connectivity index (χ3v) is 6.30. The summed E-state index contributed by atoms with van der Waals surface area (Å²) in [5.74, 6) is -0.402. The van der Waals surface area contributed by atoms with E-state index < -0.39 is 12.0 Å². The number of carboxylic acids is 1. The van der Waals surface area contributed by atoms with Gasteiger partial charge in [-0.3, -0.25) is 4.79 Å². The lowest BCUT2D eigenvalue weighted by molar-refractivity contribution is -0.138. The molecular formula is C25H24N2O3S. The summed E-state index contributed by atoms with van der Waals surface area (Å²) in [6.07, 6.45) is 2.94. The van der Waals surface area contributed by atoms with E-state index in [1.807, 2.05) is 48.7 Å². The molecule has 0 radical (unpaired) electrons. The Balaban J connectivity index is 1.72. The molecule has 0 aliphatic heterocycles. The number of hydrogen-bond acceptors (Lipinski definition) is 5. The SMILES string of the molecule is CSc1cc2oc(-c3cccc(-c4ccccc4)c3C)nc2cc1CC[C@H](N)C(=O)O. The molecule has 0 saturated heterocycles. The number of rotatable bonds is 7. The molecule has 1 atom stereocenters. The van der Waals surface area contributed by atoms with Gasteiger partial charge < -0.3 is 15.3 Å². The third kappa shape index (κ3) is 4.36. The van der Waals surface area contributed by atoms with Crippen LogP contribution in [0.3, 0.4) is 0 Å². The van der Waals surface area contributed by atoms with Crippen LogP contribution in [0.2, 0.25) is 0 Å². The first-order chi connectivity index (χ1) is 15.0. The quantitative estimate of drug-likeness (QED) is 0.373. The summed E-state index contributed by atoms with van der Waals surface area (Å²) >= 11 is 1.60. The van der Waals surface area contributed by atoms with Crippen molar-refractivity contribution in [3.63, 3.8) is 0 Å². The maximum absolute atomic E-state index is 11.1. The second kappa shape index (κ2) is 8.96. The number of nitrogens with two attached hydrogens (primary N) is 1. The van der Waals surface area contributed by atoms with E-state index in [4.69, 9.17) is 20.2 Å². The van der Waals surface area contributed by atoms with Crippen molar-refractivity contribution in [2.75, 3.05) is 6.26 Å². The van der Waals surface area contributed by atoms with E-state index in [9.17, 15) is 4.79 Å². The van der Waals surface area contributed by atoms with Crippen LogP contribution < -0.4 is 5.73 Å². The highest BCUT2D eigenvalue weighted by atomic mass is 32.2. The zero-order valence-electron chi connectivity index (χ0n) is 17.5. The van der Waals surface area contributed by atoms with E-state index in [1.165, 1.54) is 0 Å². The maximum atomic E-state index is 11.1. The lowest BCUT2D eigenvalue weighted by atomic mass is 9.96. The average molecular weight is 433 g/mol. The molecule has 0 aliphatic rings. The lowest BCUT2D eigenvalue weighted by Gasteiger charge is -2.09. The smallest absolute Gasteiger partial charge is 0.320 e. The summed E-state index contributed by atoms with van der Waals surface area (Å²) in [6, 6.07) is 19.5. The van der Waals surface area contributed by atoms with E-state index in [-0.39, 0.29) is 0 Å². The van der Waals surface area contributed by atoms with Crippen molar-refractivity contribution in [3.8, 4) is 22.6 Å².